The Morgan fingerprint density at radius 2 is 1.65 bits per heavy atom. The number of aromatic nitrogens is 1. The zero-order chi connectivity index (χ0) is 28.9. The number of ether oxygens (including phenoxy) is 3. The van der Waals surface area contributed by atoms with Gasteiger partial charge in [-0.15, -0.1) is 0 Å². The van der Waals surface area contributed by atoms with Gasteiger partial charge in [0.2, 0.25) is 11.0 Å². The number of anilines is 1. The molecule has 1 fully saturated rings. The first kappa shape index (κ1) is 29.2. The van der Waals surface area contributed by atoms with Crippen LogP contribution in [0.2, 0.25) is 0 Å². The molecule has 0 saturated heterocycles. The van der Waals surface area contributed by atoms with Crippen molar-refractivity contribution < 1.29 is 37.0 Å². The first-order valence-corrected chi connectivity index (χ1v) is 15.3. The van der Waals surface area contributed by atoms with Gasteiger partial charge in [-0.25, -0.2) is 23.0 Å². The molecule has 1 heterocycles. The third-order valence-corrected chi connectivity index (χ3v) is 8.72. The Bertz CT molecular complexity index is 1490. The molecule has 212 valence electrons. The fourth-order valence-electron chi connectivity index (χ4n) is 4.75. The van der Waals surface area contributed by atoms with Crippen molar-refractivity contribution in [2.75, 3.05) is 25.8 Å². The molecule has 1 aromatic heterocycles. The summed E-state index contributed by atoms with van der Waals surface area (Å²) in [4.78, 5) is 42.1. The normalized spacial score (nSPS) is 14.4. The van der Waals surface area contributed by atoms with Gasteiger partial charge in [0.25, 0.3) is 0 Å². The quantitative estimate of drug-likeness (QED) is 0.317. The lowest BCUT2D eigenvalue weighted by Crippen LogP contribution is -2.23. The zero-order valence-corrected chi connectivity index (χ0v) is 24.0. The topological polar surface area (TPSA) is 138 Å². The molecule has 1 N–H and O–H groups in total. The third kappa shape index (κ3) is 7.05. The van der Waals surface area contributed by atoms with E-state index in [4.69, 9.17) is 14.2 Å². The SMILES string of the molecule is COC(=O)c1ccc(Oc2cnc(NC(=O)[C@H](CC3CCCC3)c3ccc(S(C)(=O)=O)cc3)s2)cc1C(=O)OC. The number of benzene rings is 2. The van der Waals surface area contributed by atoms with E-state index in [-0.39, 0.29) is 27.7 Å². The number of carbonyl (C=O) groups is 3. The van der Waals surface area contributed by atoms with E-state index < -0.39 is 27.7 Å². The first-order chi connectivity index (χ1) is 19.1. The van der Waals surface area contributed by atoms with Crippen molar-refractivity contribution in [2.24, 2.45) is 5.92 Å². The summed E-state index contributed by atoms with van der Waals surface area (Å²) in [6, 6.07) is 10.7. The molecule has 1 saturated carbocycles. The second-order valence-corrected chi connectivity index (χ2v) is 12.6. The van der Waals surface area contributed by atoms with Crippen LogP contribution in [0, 0.1) is 5.92 Å². The second-order valence-electron chi connectivity index (χ2n) is 9.55. The minimum Gasteiger partial charge on any atom is -0.465 e. The Morgan fingerprint density at radius 3 is 2.27 bits per heavy atom. The van der Waals surface area contributed by atoms with Crippen molar-refractivity contribution >= 4 is 44.2 Å². The summed E-state index contributed by atoms with van der Waals surface area (Å²) >= 11 is 1.10. The molecular weight excluding hydrogens is 556 g/mol. The van der Waals surface area contributed by atoms with Crippen molar-refractivity contribution in [3.05, 3.63) is 65.4 Å². The molecule has 1 aliphatic carbocycles. The Kier molecular flexibility index (Phi) is 9.21. The summed E-state index contributed by atoms with van der Waals surface area (Å²) in [6.45, 7) is 0. The van der Waals surface area contributed by atoms with Gasteiger partial charge in [0, 0.05) is 6.26 Å². The van der Waals surface area contributed by atoms with Crippen LogP contribution in [0.15, 0.2) is 53.6 Å². The van der Waals surface area contributed by atoms with E-state index >= 15 is 0 Å². The van der Waals surface area contributed by atoms with Crippen LogP contribution in [0.3, 0.4) is 0 Å². The number of sulfone groups is 1. The molecule has 10 nitrogen and oxygen atoms in total. The maximum Gasteiger partial charge on any atom is 0.338 e. The smallest absolute Gasteiger partial charge is 0.338 e. The lowest BCUT2D eigenvalue weighted by molar-refractivity contribution is -0.118. The van der Waals surface area contributed by atoms with Gasteiger partial charge in [-0.1, -0.05) is 49.2 Å². The van der Waals surface area contributed by atoms with Gasteiger partial charge in [-0.3, -0.25) is 4.79 Å². The molecular formula is C28H30N2O8S2. The minimum atomic E-state index is -3.35. The summed E-state index contributed by atoms with van der Waals surface area (Å²) in [5.41, 5.74) is 0.768. The number of methoxy groups -OCH3 is 2. The second kappa shape index (κ2) is 12.6. The Balaban J connectivity index is 1.51. The van der Waals surface area contributed by atoms with Crippen LogP contribution >= 0.6 is 11.3 Å². The first-order valence-electron chi connectivity index (χ1n) is 12.6. The molecule has 0 aliphatic heterocycles. The summed E-state index contributed by atoms with van der Waals surface area (Å²) in [7, 11) is -0.932. The molecule has 40 heavy (non-hydrogen) atoms. The third-order valence-electron chi connectivity index (χ3n) is 6.81. The van der Waals surface area contributed by atoms with Crippen LogP contribution in [0.25, 0.3) is 0 Å². The Hall–Kier alpha value is -3.77. The summed E-state index contributed by atoms with van der Waals surface area (Å²) in [5, 5.41) is 3.54. The molecule has 0 bridgehead atoms. The van der Waals surface area contributed by atoms with Crippen LogP contribution in [0.5, 0.6) is 10.8 Å². The highest BCUT2D eigenvalue weighted by Gasteiger charge is 2.28. The van der Waals surface area contributed by atoms with Crippen LogP contribution < -0.4 is 10.1 Å². The van der Waals surface area contributed by atoms with Gasteiger partial charge in [-0.2, -0.15) is 0 Å². The average molecular weight is 587 g/mol. The molecule has 3 aromatic rings. The van der Waals surface area contributed by atoms with E-state index in [1.807, 2.05) is 0 Å². The number of carbonyl (C=O) groups excluding carboxylic acids is 3. The predicted octanol–water partition coefficient (Wildman–Crippen LogP) is 5.21. The summed E-state index contributed by atoms with van der Waals surface area (Å²) < 4.78 is 39.1. The Labute approximate surface area is 236 Å². The van der Waals surface area contributed by atoms with Gasteiger partial charge < -0.3 is 19.5 Å². The number of esters is 2. The van der Waals surface area contributed by atoms with Crippen LogP contribution in [0.1, 0.15) is 64.3 Å². The van der Waals surface area contributed by atoms with Crippen molar-refractivity contribution in [2.45, 2.75) is 42.9 Å². The van der Waals surface area contributed by atoms with E-state index in [0.717, 1.165) is 48.8 Å². The van der Waals surface area contributed by atoms with E-state index in [9.17, 15) is 22.8 Å². The average Bonchev–Trinajstić information content (AvgIpc) is 3.62. The molecule has 0 unspecified atom stereocenters. The number of amides is 1. The maximum absolute atomic E-state index is 13.4. The Morgan fingerprint density at radius 1 is 1.00 bits per heavy atom. The fraction of sp³-hybridized carbons (Fsp3) is 0.357. The lowest BCUT2D eigenvalue weighted by atomic mass is 9.87. The summed E-state index contributed by atoms with van der Waals surface area (Å²) in [6.07, 6.45) is 7.64. The number of hydrogen-bond acceptors (Lipinski definition) is 10. The lowest BCUT2D eigenvalue weighted by Gasteiger charge is -2.20. The van der Waals surface area contributed by atoms with Crippen LogP contribution in [-0.4, -0.2) is 51.7 Å². The fourth-order valence-corrected chi connectivity index (χ4v) is 6.07. The number of nitrogens with zero attached hydrogens (tertiary/aromatic N) is 1. The van der Waals surface area contributed by atoms with E-state index in [2.05, 4.69) is 10.3 Å². The number of rotatable bonds is 10. The summed E-state index contributed by atoms with van der Waals surface area (Å²) in [5.74, 6) is -1.44. The van der Waals surface area contributed by atoms with Crippen LogP contribution in [-0.2, 0) is 24.1 Å². The minimum absolute atomic E-state index is 0.0125. The highest BCUT2D eigenvalue weighted by molar-refractivity contribution is 7.90. The van der Waals surface area contributed by atoms with Crippen LogP contribution in [0.4, 0.5) is 5.13 Å². The molecule has 0 spiro atoms. The van der Waals surface area contributed by atoms with Crippen molar-refractivity contribution in [3.63, 3.8) is 0 Å². The predicted molar refractivity (Wildman–Crippen MR) is 149 cm³/mol. The number of hydrogen-bond donors (Lipinski definition) is 1. The molecule has 12 heteroatoms. The molecule has 1 atom stereocenters. The van der Waals surface area contributed by atoms with Crippen molar-refractivity contribution in [3.8, 4) is 10.8 Å². The standard InChI is InChI=1S/C28H30N2O8S2/c1-36-26(32)21-13-10-19(15-23(21)27(33)37-2)38-24-16-29-28(39-24)30-25(31)22(14-17-6-4-5-7-17)18-8-11-20(12-9-18)40(3,34)35/h8-13,15-17,22H,4-7,14H2,1-3H3,(H,29,30,31)/t22-/m1/s1. The number of thiazole rings is 1. The maximum atomic E-state index is 13.4. The van der Waals surface area contributed by atoms with Crippen molar-refractivity contribution in [1.82, 2.24) is 4.98 Å². The highest BCUT2D eigenvalue weighted by atomic mass is 32.2. The molecule has 4 rings (SSSR count). The van der Waals surface area contributed by atoms with Gasteiger partial charge >= 0.3 is 11.9 Å². The zero-order valence-electron chi connectivity index (χ0n) is 22.3. The van der Waals surface area contributed by atoms with Gasteiger partial charge in [0.05, 0.1) is 42.4 Å². The molecule has 0 radical (unpaired) electrons. The molecule has 1 amide bonds. The van der Waals surface area contributed by atoms with Gasteiger partial charge in [0.15, 0.2) is 15.0 Å². The van der Waals surface area contributed by atoms with E-state index in [1.54, 1.807) is 12.1 Å². The van der Waals surface area contributed by atoms with E-state index in [0.29, 0.717) is 22.5 Å². The highest BCUT2D eigenvalue weighted by Crippen LogP contribution is 2.36. The van der Waals surface area contributed by atoms with Gasteiger partial charge in [-0.05, 0) is 48.2 Å². The van der Waals surface area contributed by atoms with E-state index in [1.165, 1.54) is 50.7 Å². The number of nitrogens with one attached hydrogen (secondary N) is 1. The molecule has 2 aromatic carbocycles. The largest absolute Gasteiger partial charge is 0.465 e. The van der Waals surface area contributed by atoms with Crippen molar-refractivity contribution in [1.29, 1.82) is 0 Å². The monoisotopic (exact) mass is 586 g/mol. The molecule has 1 aliphatic rings. The van der Waals surface area contributed by atoms with Gasteiger partial charge in [0.1, 0.15) is 5.75 Å².